The highest BCUT2D eigenvalue weighted by atomic mass is 19.2. The highest BCUT2D eigenvalue weighted by Gasteiger charge is 2.50. The number of ether oxygens (including phenoxy) is 1. The molecule has 0 unspecified atom stereocenters. The molecule has 0 aromatic heterocycles. The van der Waals surface area contributed by atoms with E-state index in [2.05, 4.69) is 26.5 Å². The fourth-order valence-corrected chi connectivity index (χ4v) is 8.15. The summed E-state index contributed by atoms with van der Waals surface area (Å²) in [6, 6.07) is 0. The molecule has 10 heteroatoms. The number of halogens is 5. The number of aliphatic hydroxyl groups excluding tert-OH is 2. The van der Waals surface area contributed by atoms with Crippen molar-refractivity contribution in [3.8, 4) is 0 Å². The third kappa shape index (κ3) is 6.48. The molecular weight excluding hydrogens is 581 g/mol. The summed E-state index contributed by atoms with van der Waals surface area (Å²) in [5.74, 6) is -9.51. The number of carbonyl (C=O) groups excluding carboxylic acids is 1. The Balaban J connectivity index is 1.21. The van der Waals surface area contributed by atoms with E-state index in [9.17, 15) is 37.0 Å². The van der Waals surface area contributed by atoms with Gasteiger partial charge in [-0.3, -0.25) is 5.32 Å². The number of anilines is 1. The van der Waals surface area contributed by atoms with Crippen LogP contribution >= 0.6 is 0 Å². The molecule has 7 atom stereocenters. The SMILES string of the molecule is C=C1/C(=C\C=C2/CCC[C@]3(C)[C@@H]([C@H](C)CC[C@H](OC(=O)Nc4c(F)c(F)c(F)c(F)c4F)C4CC4)CC[C@@H]23)C[C@@H](O)C[C@@H]1O. The van der Waals surface area contributed by atoms with Crippen molar-refractivity contribution in [2.75, 3.05) is 5.32 Å². The summed E-state index contributed by atoms with van der Waals surface area (Å²) in [6.45, 7) is 8.61. The van der Waals surface area contributed by atoms with Crippen LogP contribution in [0.15, 0.2) is 35.5 Å². The molecule has 4 aliphatic rings. The smallest absolute Gasteiger partial charge is 0.412 e. The van der Waals surface area contributed by atoms with Gasteiger partial charge in [-0.1, -0.05) is 38.2 Å². The Labute approximate surface area is 255 Å². The molecule has 0 radical (unpaired) electrons. The van der Waals surface area contributed by atoms with Crippen molar-refractivity contribution >= 4 is 11.8 Å². The van der Waals surface area contributed by atoms with Crippen LogP contribution in [0.3, 0.4) is 0 Å². The molecule has 1 amide bonds. The summed E-state index contributed by atoms with van der Waals surface area (Å²) >= 11 is 0. The number of aliphatic hydroxyl groups is 2. The van der Waals surface area contributed by atoms with Crippen LogP contribution in [0, 0.1) is 58.2 Å². The maximum atomic E-state index is 14.1. The molecule has 44 heavy (non-hydrogen) atoms. The molecule has 0 bridgehead atoms. The van der Waals surface area contributed by atoms with Crippen LogP contribution < -0.4 is 5.32 Å². The number of rotatable bonds is 8. The fourth-order valence-electron chi connectivity index (χ4n) is 8.15. The molecular formula is C34H42F5NO4. The standard InChI is InChI=1S/C34H42F5NO4/c1-17(6-13-26(20-8-9-20)44-33(43)40-32-30(38)28(36)27(35)29(37)31(32)39)23-11-12-24-19(5-4-14-34(23,24)3)7-10-21-15-22(41)16-25(42)18(21)2/h7,10,17,20,22-26,41-42H,2,4-6,8-9,11-16H2,1,3H3,(H,40,43)/b19-7+,21-10-/t17-,22-,23-,24+,25+,26+,34-/m1/s1. The normalized spacial score (nSPS) is 32.1. The third-order valence-corrected chi connectivity index (χ3v) is 10.7. The Kier molecular flexibility index (Phi) is 9.61. The van der Waals surface area contributed by atoms with E-state index in [1.807, 2.05) is 6.08 Å². The molecule has 1 aromatic rings. The zero-order valence-electron chi connectivity index (χ0n) is 25.3. The van der Waals surface area contributed by atoms with Crippen molar-refractivity contribution in [3.63, 3.8) is 0 Å². The van der Waals surface area contributed by atoms with Crippen LogP contribution in [0.25, 0.3) is 0 Å². The van der Waals surface area contributed by atoms with Crippen LogP contribution in [-0.4, -0.2) is 34.6 Å². The second kappa shape index (κ2) is 12.9. The largest absolute Gasteiger partial charge is 0.446 e. The van der Waals surface area contributed by atoms with Gasteiger partial charge in [-0.2, -0.15) is 0 Å². The second-order valence-corrected chi connectivity index (χ2v) is 13.6. The molecule has 1 aromatic carbocycles. The average Bonchev–Trinajstić information content (AvgIpc) is 3.77. The highest BCUT2D eigenvalue weighted by Crippen LogP contribution is 2.60. The maximum Gasteiger partial charge on any atom is 0.412 e. The minimum atomic E-state index is -2.29. The van der Waals surface area contributed by atoms with Gasteiger partial charge in [-0.15, -0.1) is 0 Å². The predicted octanol–water partition coefficient (Wildman–Crippen LogP) is 8.27. The number of carbonyl (C=O) groups is 1. The van der Waals surface area contributed by atoms with Crippen LogP contribution in [0.5, 0.6) is 0 Å². The number of hydrogen-bond donors (Lipinski definition) is 3. The van der Waals surface area contributed by atoms with E-state index in [1.165, 1.54) is 5.57 Å². The van der Waals surface area contributed by atoms with Gasteiger partial charge in [0.15, 0.2) is 23.3 Å². The summed E-state index contributed by atoms with van der Waals surface area (Å²) in [6.07, 6.45) is 10.3. The molecule has 0 spiro atoms. The van der Waals surface area contributed by atoms with E-state index >= 15 is 0 Å². The third-order valence-electron chi connectivity index (χ3n) is 10.7. The summed E-state index contributed by atoms with van der Waals surface area (Å²) in [5.41, 5.74) is 1.65. The molecule has 242 valence electrons. The first-order valence-electron chi connectivity index (χ1n) is 15.8. The van der Waals surface area contributed by atoms with Crippen molar-refractivity contribution < 1.29 is 41.7 Å². The lowest BCUT2D eigenvalue weighted by atomic mass is 9.60. The highest BCUT2D eigenvalue weighted by molar-refractivity contribution is 5.85. The molecule has 5 rings (SSSR count). The molecule has 0 heterocycles. The lowest BCUT2D eigenvalue weighted by Crippen LogP contribution is -2.36. The predicted molar refractivity (Wildman–Crippen MR) is 156 cm³/mol. The van der Waals surface area contributed by atoms with E-state index < -0.39 is 59.2 Å². The molecule has 5 nitrogen and oxygen atoms in total. The van der Waals surface area contributed by atoms with Gasteiger partial charge in [-0.05, 0) is 104 Å². The summed E-state index contributed by atoms with van der Waals surface area (Å²) in [5, 5.41) is 22.1. The van der Waals surface area contributed by atoms with Gasteiger partial charge in [0.2, 0.25) is 5.82 Å². The monoisotopic (exact) mass is 623 g/mol. The first kappa shape index (κ1) is 32.7. The lowest BCUT2D eigenvalue weighted by molar-refractivity contribution is 0.0665. The molecule has 4 fully saturated rings. The lowest BCUT2D eigenvalue weighted by Gasteiger charge is -2.44. The van der Waals surface area contributed by atoms with E-state index in [1.54, 1.807) is 5.32 Å². The Morgan fingerprint density at radius 2 is 1.68 bits per heavy atom. The van der Waals surface area contributed by atoms with Crippen molar-refractivity contribution in [2.24, 2.45) is 29.1 Å². The summed E-state index contributed by atoms with van der Waals surface area (Å²) in [4.78, 5) is 12.5. The number of benzene rings is 1. The Morgan fingerprint density at radius 1 is 1.02 bits per heavy atom. The Hall–Kier alpha value is -2.72. The first-order chi connectivity index (χ1) is 20.8. The maximum absolute atomic E-state index is 14.1. The number of fused-ring (bicyclic) bond motifs is 1. The quantitative estimate of drug-likeness (QED) is 0.155. The van der Waals surface area contributed by atoms with Gasteiger partial charge in [0.25, 0.3) is 0 Å². The van der Waals surface area contributed by atoms with Crippen molar-refractivity contribution in [1.82, 2.24) is 0 Å². The van der Waals surface area contributed by atoms with Crippen molar-refractivity contribution in [3.05, 3.63) is 64.5 Å². The van der Waals surface area contributed by atoms with Crippen molar-refractivity contribution in [2.45, 2.75) is 103 Å². The number of nitrogens with one attached hydrogen (secondary N) is 1. The van der Waals surface area contributed by atoms with E-state index in [-0.39, 0.29) is 11.3 Å². The first-order valence-corrected chi connectivity index (χ1v) is 15.8. The molecule has 0 saturated heterocycles. The van der Waals surface area contributed by atoms with Gasteiger partial charge in [-0.25, -0.2) is 26.7 Å². The van der Waals surface area contributed by atoms with Gasteiger partial charge < -0.3 is 14.9 Å². The van der Waals surface area contributed by atoms with Gasteiger partial charge in [0, 0.05) is 6.42 Å². The van der Waals surface area contributed by atoms with Gasteiger partial charge >= 0.3 is 6.09 Å². The molecule has 3 N–H and O–H groups in total. The second-order valence-electron chi connectivity index (χ2n) is 13.6. The van der Waals surface area contributed by atoms with Gasteiger partial charge in [0.05, 0.1) is 12.2 Å². The molecule has 4 aliphatic carbocycles. The molecule has 4 saturated carbocycles. The van der Waals surface area contributed by atoms with Crippen LogP contribution in [0.4, 0.5) is 32.4 Å². The van der Waals surface area contributed by atoms with Crippen LogP contribution in [-0.2, 0) is 4.74 Å². The van der Waals surface area contributed by atoms with Crippen LogP contribution in [0.1, 0.15) is 84.5 Å². The van der Waals surface area contributed by atoms with Gasteiger partial charge in [0.1, 0.15) is 11.8 Å². The zero-order valence-corrected chi connectivity index (χ0v) is 25.3. The van der Waals surface area contributed by atoms with E-state index in [0.29, 0.717) is 42.6 Å². The molecule has 0 aliphatic heterocycles. The average molecular weight is 624 g/mol. The number of hydrogen-bond acceptors (Lipinski definition) is 4. The minimum absolute atomic E-state index is 0.0973. The number of allylic oxidation sites excluding steroid dienone is 3. The van der Waals surface area contributed by atoms with Crippen LogP contribution in [0.2, 0.25) is 0 Å². The number of amides is 1. The van der Waals surface area contributed by atoms with E-state index in [4.69, 9.17) is 4.74 Å². The van der Waals surface area contributed by atoms with Crippen molar-refractivity contribution in [1.29, 1.82) is 0 Å². The topological polar surface area (TPSA) is 78.8 Å². The van der Waals surface area contributed by atoms with E-state index in [0.717, 1.165) is 56.9 Å². The zero-order chi connectivity index (χ0) is 31.9. The Morgan fingerprint density at radius 3 is 2.34 bits per heavy atom. The Bertz CT molecular complexity index is 1330. The minimum Gasteiger partial charge on any atom is -0.446 e. The summed E-state index contributed by atoms with van der Waals surface area (Å²) < 4.78 is 74.2. The summed E-state index contributed by atoms with van der Waals surface area (Å²) in [7, 11) is 0. The fraction of sp³-hybridized carbons (Fsp3) is 0.618.